The summed E-state index contributed by atoms with van der Waals surface area (Å²) in [5.74, 6) is 0. The highest BCUT2D eigenvalue weighted by Gasteiger charge is 2.21. The van der Waals surface area contributed by atoms with Crippen LogP contribution in [0.1, 0.15) is 37.6 Å². The summed E-state index contributed by atoms with van der Waals surface area (Å²) in [6.45, 7) is 6.01. The molecule has 2 aromatic heterocycles. The lowest BCUT2D eigenvalue weighted by Gasteiger charge is -1.99. The summed E-state index contributed by atoms with van der Waals surface area (Å²) >= 11 is 0. The molecular weight excluding hydrogens is 224 g/mol. The van der Waals surface area contributed by atoms with Gasteiger partial charge in [0.25, 0.3) is 0 Å². The molecule has 1 aliphatic carbocycles. The minimum Gasteiger partial charge on any atom is -0.308 e. The van der Waals surface area contributed by atoms with Gasteiger partial charge in [0, 0.05) is 30.2 Å². The topological polar surface area (TPSA) is 42.7 Å². The van der Waals surface area contributed by atoms with Gasteiger partial charge in [-0.05, 0) is 38.3 Å². The third-order valence-electron chi connectivity index (χ3n) is 3.38. The number of aryl methyl sites for hydroxylation is 2. The number of hydrogen-bond donors (Lipinski definition) is 1. The largest absolute Gasteiger partial charge is 0.308 e. The number of rotatable bonds is 5. The highest BCUT2D eigenvalue weighted by Crippen LogP contribution is 2.22. The Hall–Kier alpha value is -1.42. The molecular formula is C14H20N4. The normalized spacial score (nSPS) is 15.4. The van der Waals surface area contributed by atoms with Crippen LogP contribution in [0.5, 0.6) is 0 Å². The van der Waals surface area contributed by atoms with Gasteiger partial charge in [-0.3, -0.25) is 0 Å². The number of nitrogens with one attached hydrogen (secondary N) is 1. The van der Waals surface area contributed by atoms with Crippen molar-refractivity contribution < 1.29 is 0 Å². The Morgan fingerprint density at radius 1 is 1.39 bits per heavy atom. The van der Waals surface area contributed by atoms with Crippen molar-refractivity contribution in [1.29, 1.82) is 0 Å². The molecule has 0 aliphatic heterocycles. The van der Waals surface area contributed by atoms with Crippen molar-refractivity contribution in [3.8, 4) is 0 Å². The summed E-state index contributed by atoms with van der Waals surface area (Å²) in [5, 5.41) is 9.44. The van der Waals surface area contributed by atoms with Crippen LogP contribution < -0.4 is 5.32 Å². The first-order valence-electron chi connectivity index (χ1n) is 6.84. The molecule has 3 rings (SSSR count). The first-order chi connectivity index (χ1) is 8.78. The van der Waals surface area contributed by atoms with Crippen LogP contribution in [0.2, 0.25) is 0 Å². The fourth-order valence-electron chi connectivity index (χ4n) is 2.24. The average Bonchev–Trinajstić information content (AvgIpc) is 3.12. The molecule has 0 saturated heterocycles. The van der Waals surface area contributed by atoms with E-state index in [0.717, 1.165) is 42.6 Å². The van der Waals surface area contributed by atoms with Crippen molar-refractivity contribution in [3.05, 3.63) is 23.5 Å². The van der Waals surface area contributed by atoms with Crippen LogP contribution in [0.3, 0.4) is 0 Å². The second kappa shape index (κ2) is 4.69. The van der Waals surface area contributed by atoms with E-state index in [9.17, 15) is 0 Å². The Labute approximate surface area is 107 Å². The predicted molar refractivity (Wildman–Crippen MR) is 72.4 cm³/mol. The van der Waals surface area contributed by atoms with Gasteiger partial charge in [-0.1, -0.05) is 6.92 Å². The van der Waals surface area contributed by atoms with E-state index >= 15 is 0 Å². The fraction of sp³-hybridized carbons (Fsp3) is 0.571. The van der Waals surface area contributed by atoms with Gasteiger partial charge >= 0.3 is 0 Å². The Bertz CT molecular complexity index is 554. The van der Waals surface area contributed by atoms with E-state index in [1.165, 1.54) is 18.2 Å². The molecule has 0 unspecified atom stereocenters. The second-order valence-corrected chi connectivity index (χ2v) is 5.15. The highest BCUT2D eigenvalue weighted by molar-refractivity contribution is 5.78. The first kappa shape index (κ1) is 11.7. The summed E-state index contributed by atoms with van der Waals surface area (Å²) in [6, 6.07) is 4.94. The smallest absolute Gasteiger partial charge is 0.158 e. The van der Waals surface area contributed by atoms with Crippen LogP contribution in [0.25, 0.3) is 11.0 Å². The predicted octanol–water partition coefficient (Wildman–Crippen LogP) is 2.40. The van der Waals surface area contributed by atoms with Gasteiger partial charge in [0.2, 0.25) is 0 Å². The van der Waals surface area contributed by atoms with E-state index in [-0.39, 0.29) is 0 Å². The molecule has 1 saturated carbocycles. The van der Waals surface area contributed by atoms with E-state index in [0.29, 0.717) is 0 Å². The number of hydrogen-bond acceptors (Lipinski definition) is 3. The van der Waals surface area contributed by atoms with Gasteiger partial charge in [0.1, 0.15) is 0 Å². The molecule has 1 N–H and O–H groups in total. The van der Waals surface area contributed by atoms with Crippen LogP contribution in [0.4, 0.5) is 0 Å². The van der Waals surface area contributed by atoms with E-state index in [4.69, 9.17) is 5.10 Å². The lowest BCUT2D eigenvalue weighted by atomic mass is 10.2. The van der Waals surface area contributed by atoms with Gasteiger partial charge in [-0.15, -0.1) is 0 Å². The maximum absolute atomic E-state index is 4.71. The maximum atomic E-state index is 4.71. The second-order valence-electron chi connectivity index (χ2n) is 5.15. The van der Waals surface area contributed by atoms with Crippen LogP contribution in [-0.2, 0) is 13.1 Å². The molecule has 18 heavy (non-hydrogen) atoms. The third kappa shape index (κ3) is 2.25. The first-order valence-corrected chi connectivity index (χ1v) is 6.84. The lowest BCUT2D eigenvalue weighted by Crippen LogP contribution is -2.16. The zero-order valence-corrected chi connectivity index (χ0v) is 11.1. The Morgan fingerprint density at radius 2 is 2.22 bits per heavy atom. The summed E-state index contributed by atoms with van der Waals surface area (Å²) in [5.41, 5.74) is 3.23. The Balaban J connectivity index is 1.96. The molecule has 2 aromatic rings. The minimum atomic E-state index is 0.717. The van der Waals surface area contributed by atoms with Gasteiger partial charge in [0.05, 0.1) is 5.69 Å². The summed E-state index contributed by atoms with van der Waals surface area (Å²) in [4.78, 5) is 4.63. The number of aromatic nitrogens is 3. The standard InChI is InChI=1S/C14H20N4/c1-3-8-18-14-12(7-4-10(2)16-14)13(17-18)9-15-11-5-6-11/h4,7,11,15H,3,5-6,8-9H2,1-2H3. The minimum absolute atomic E-state index is 0.717. The van der Waals surface area contributed by atoms with Crippen molar-refractivity contribution in [2.24, 2.45) is 0 Å². The zero-order valence-electron chi connectivity index (χ0n) is 11.1. The molecule has 0 atom stereocenters. The molecule has 2 heterocycles. The Morgan fingerprint density at radius 3 is 2.94 bits per heavy atom. The van der Waals surface area contributed by atoms with E-state index in [1.807, 2.05) is 11.6 Å². The van der Waals surface area contributed by atoms with Gasteiger partial charge < -0.3 is 5.32 Å². The maximum Gasteiger partial charge on any atom is 0.158 e. The van der Waals surface area contributed by atoms with E-state index < -0.39 is 0 Å². The highest BCUT2D eigenvalue weighted by atomic mass is 15.3. The summed E-state index contributed by atoms with van der Waals surface area (Å²) < 4.78 is 2.05. The number of pyridine rings is 1. The van der Waals surface area contributed by atoms with Gasteiger partial charge in [-0.2, -0.15) is 5.10 Å². The molecule has 1 aliphatic rings. The molecule has 0 bridgehead atoms. The molecule has 0 aromatic carbocycles. The monoisotopic (exact) mass is 244 g/mol. The fourth-order valence-corrected chi connectivity index (χ4v) is 2.24. The van der Waals surface area contributed by atoms with E-state index in [2.05, 4.69) is 29.4 Å². The molecule has 4 heteroatoms. The number of fused-ring (bicyclic) bond motifs is 1. The van der Waals surface area contributed by atoms with Crippen LogP contribution in [-0.4, -0.2) is 20.8 Å². The van der Waals surface area contributed by atoms with Crippen molar-refractivity contribution in [3.63, 3.8) is 0 Å². The molecule has 0 spiro atoms. The average molecular weight is 244 g/mol. The zero-order chi connectivity index (χ0) is 12.5. The third-order valence-corrected chi connectivity index (χ3v) is 3.38. The van der Waals surface area contributed by atoms with Gasteiger partial charge in [0.15, 0.2) is 5.65 Å². The molecule has 1 fully saturated rings. The molecule has 0 amide bonds. The summed E-state index contributed by atoms with van der Waals surface area (Å²) in [7, 11) is 0. The SMILES string of the molecule is CCCn1nc(CNC2CC2)c2ccc(C)nc21. The van der Waals surface area contributed by atoms with Crippen molar-refractivity contribution >= 4 is 11.0 Å². The number of nitrogens with zero attached hydrogens (tertiary/aromatic N) is 3. The van der Waals surface area contributed by atoms with Crippen molar-refractivity contribution in [2.75, 3.05) is 0 Å². The summed E-state index contributed by atoms with van der Waals surface area (Å²) in [6.07, 6.45) is 3.71. The van der Waals surface area contributed by atoms with Crippen LogP contribution in [0, 0.1) is 6.92 Å². The quantitative estimate of drug-likeness (QED) is 0.878. The van der Waals surface area contributed by atoms with Crippen molar-refractivity contribution in [2.45, 2.75) is 52.2 Å². The van der Waals surface area contributed by atoms with Crippen LogP contribution >= 0.6 is 0 Å². The van der Waals surface area contributed by atoms with Gasteiger partial charge in [-0.25, -0.2) is 9.67 Å². The lowest BCUT2D eigenvalue weighted by molar-refractivity contribution is 0.592. The molecule has 96 valence electrons. The molecule has 4 nitrogen and oxygen atoms in total. The Kier molecular flexibility index (Phi) is 3.04. The van der Waals surface area contributed by atoms with E-state index in [1.54, 1.807) is 0 Å². The van der Waals surface area contributed by atoms with Crippen molar-refractivity contribution in [1.82, 2.24) is 20.1 Å². The van der Waals surface area contributed by atoms with Crippen LogP contribution in [0.15, 0.2) is 12.1 Å². The molecule has 0 radical (unpaired) electrons.